The van der Waals surface area contributed by atoms with Gasteiger partial charge >= 0.3 is 0 Å². The minimum atomic E-state index is -0.509. The Hall–Kier alpha value is -1.91. The van der Waals surface area contributed by atoms with Crippen molar-refractivity contribution in [2.75, 3.05) is 0 Å². The van der Waals surface area contributed by atoms with Gasteiger partial charge in [-0.2, -0.15) is 0 Å². The molecule has 0 spiro atoms. The monoisotopic (exact) mass is 263 g/mol. The lowest BCUT2D eigenvalue weighted by molar-refractivity contribution is 0.628. The number of amidine groups is 1. The Balaban J connectivity index is 2.46. The zero-order valence-corrected chi connectivity index (χ0v) is 10.2. The fraction of sp³-hybridized carbons (Fsp3) is 0. The van der Waals surface area contributed by atoms with E-state index >= 15 is 0 Å². The van der Waals surface area contributed by atoms with Crippen molar-refractivity contribution in [3.05, 3.63) is 64.9 Å². The lowest BCUT2D eigenvalue weighted by Crippen LogP contribution is -2.31. The summed E-state index contributed by atoms with van der Waals surface area (Å²) in [4.78, 5) is 4.28. The Kier molecular flexibility index (Phi) is 3.92. The van der Waals surface area contributed by atoms with Crippen LogP contribution >= 0.6 is 11.6 Å². The first-order chi connectivity index (χ1) is 8.72. The second kappa shape index (κ2) is 5.62. The van der Waals surface area contributed by atoms with E-state index in [2.05, 4.69) is 10.4 Å². The summed E-state index contributed by atoms with van der Waals surface area (Å²) in [6, 6.07) is 13.7. The van der Waals surface area contributed by atoms with Gasteiger partial charge in [0.25, 0.3) is 0 Å². The van der Waals surface area contributed by atoms with Gasteiger partial charge in [-0.25, -0.2) is 15.2 Å². The van der Waals surface area contributed by atoms with Crippen molar-refractivity contribution >= 4 is 23.1 Å². The minimum Gasteiger partial charge on any atom is -0.308 e. The zero-order valence-electron chi connectivity index (χ0n) is 9.40. The van der Waals surface area contributed by atoms with Gasteiger partial charge in [-0.05, 0) is 24.3 Å². The Labute approximate surface area is 109 Å². The molecule has 18 heavy (non-hydrogen) atoms. The van der Waals surface area contributed by atoms with Crippen LogP contribution in [0.3, 0.4) is 0 Å². The molecular formula is C13H11ClFN3. The number of benzene rings is 2. The number of aliphatic imine (C=N–C) groups is 1. The van der Waals surface area contributed by atoms with Crippen molar-refractivity contribution in [3.63, 3.8) is 0 Å². The van der Waals surface area contributed by atoms with Gasteiger partial charge < -0.3 is 5.43 Å². The maximum Gasteiger partial charge on any atom is 0.149 e. The molecule has 3 N–H and O–H groups in total. The van der Waals surface area contributed by atoms with E-state index in [1.165, 1.54) is 6.07 Å². The highest BCUT2D eigenvalue weighted by Crippen LogP contribution is 2.21. The summed E-state index contributed by atoms with van der Waals surface area (Å²) in [6.07, 6.45) is 0. The summed E-state index contributed by atoms with van der Waals surface area (Å²) >= 11 is 5.88. The molecule has 5 heteroatoms. The molecule has 0 bridgehead atoms. The number of rotatable bonds is 2. The van der Waals surface area contributed by atoms with Crippen LogP contribution in [0.5, 0.6) is 0 Å². The number of nitrogens with two attached hydrogens (primary N) is 1. The number of hydrogen-bond donors (Lipinski definition) is 2. The first-order valence-corrected chi connectivity index (χ1v) is 5.65. The SMILES string of the molecule is NNC(=Nc1ccccc1)c1cccc(F)c1Cl. The Morgan fingerprint density at radius 1 is 1.11 bits per heavy atom. The lowest BCUT2D eigenvalue weighted by Gasteiger charge is -2.08. The van der Waals surface area contributed by atoms with E-state index in [9.17, 15) is 4.39 Å². The molecule has 0 unspecified atom stereocenters. The third-order valence-corrected chi connectivity index (χ3v) is 2.72. The van der Waals surface area contributed by atoms with Crippen LogP contribution in [-0.4, -0.2) is 5.84 Å². The highest BCUT2D eigenvalue weighted by atomic mass is 35.5. The molecular weight excluding hydrogens is 253 g/mol. The minimum absolute atomic E-state index is 0.00914. The molecule has 0 radical (unpaired) electrons. The molecule has 2 rings (SSSR count). The average molecular weight is 264 g/mol. The molecule has 0 saturated carbocycles. The average Bonchev–Trinajstić information content (AvgIpc) is 2.41. The molecule has 2 aromatic rings. The molecule has 0 aliphatic carbocycles. The lowest BCUT2D eigenvalue weighted by atomic mass is 10.2. The van der Waals surface area contributed by atoms with E-state index in [1.54, 1.807) is 12.1 Å². The van der Waals surface area contributed by atoms with Gasteiger partial charge in [0.05, 0.1) is 10.7 Å². The van der Waals surface area contributed by atoms with E-state index < -0.39 is 5.82 Å². The van der Waals surface area contributed by atoms with Crippen molar-refractivity contribution in [2.24, 2.45) is 10.8 Å². The number of para-hydroxylation sites is 1. The molecule has 0 aliphatic heterocycles. The van der Waals surface area contributed by atoms with Crippen LogP contribution in [0.15, 0.2) is 53.5 Å². The number of nitrogens with one attached hydrogen (secondary N) is 1. The Morgan fingerprint density at radius 2 is 1.83 bits per heavy atom. The van der Waals surface area contributed by atoms with Gasteiger partial charge in [-0.15, -0.1) is 0 Å². The normalized spacial score (nSPS) is 11.4. The second-order valence-corrected chi connectivity index (χ2v) is 3.92. The molecule has 2 aromatic carbocycles. The van der Waals surface area contributed by atoms with Gasteiger partial charge in [-0.1, -0.05) is 35.9 Å². The maximum atomic E-state index is 13.4. The molecule has 0 atom stereocenters. The van der Waals surface area contributed by atoms with Gasteiger partial charge in [0, 0.05) is 5.56 Å². The first-order valence-electron chi connectivity index (χ1n) is 5.27. The Morgan fingerprint density at radius 3 is 2.50 bits per heavy atom. The van der Waals surface area contributed by atoms with E-state index in [1.807, 2.05) is 30.3 Å². The van der Waals surface area contributed by atoms with E-state index in [0.29, 0.717) is 17.1 Å². The highest BCUT2D eigenvalue weighted by Gasteiger charge is 2.10. The fourth-order valence-corrected chi connectivity index (χ4v) is 1.70. The number of hydrazine groups is 1. The van der Waals surface area contributed by atoms with Gasteiger partial charge in [0.1, 0.15) is 11.7 Å². The number of nitrogens with zero attached hydrogens (tertiary/aromatic N) is 1. The Bertz CT molecular complexity index is 570. The summed E-state index contributed by atoms with van der Waals surface area (Å²) in [7, 11) is 0. The van der Waals surface area contributed by atoms with Crippen LogP contribution in [0, 0.1) is 5.82 Å². The predicted octanol–water partition coefficient (Wildman–Crippen LogP) is 3.02. The van der Waals surface area contributed by atoms with E-state index in [-0.39, 0.29) is 5.02 Å². The van der Waals surface area contributed by atoms with E-state index in [4.69, 9.17) is 17.4 Å². The number of hydrogen-bond acceptors (Lipinski definition) is 2. The second-order valence-electron chi connectivity index (χ2n) is 3.54. The largest absolute Gasteiger partial charge is 0.308 e. The summed E-state index contributed by atoms with van der Waals surface area (Å²) in [5.74, 6) is 5.21. The summed E-state index contributed by atoms with van der Waals surface area (Å²) in [5, 5.41) is -0.00914. The predicted molar refractivity (Wildman–Crippen MR) is 71.4 cm³/mol. The summed E-state index contributed by atoms with van der Waals surface area (Å²) < 4.78 is 13.4. The van der Waals surface area contributed by atoms with E-state index in [0.717, 1.165) is 0 Å². The molecule has 0 aliphatic rings. The van der Waals surface area contributed by atoms with Gasteiger partial charge in [0.2, 0.25) is 0 Å². The van der Waals surface area contributed by atoms with Crippen LogP contribution in [0.1, 0.15) is 5.56 Å². The molecule has 0 amide bonds. The fourth-order valence-electron chi connectivity index (χ4n) is 1.49. The van der Waals surface area contributed by atoms with Crippen LogP contribution in [0.25, 0.3) is 0 Å². The van der Waals surface area contributed by atoms with Crippen molar-refractivity contribution < 1.29 is 4.39 Å². The third-order valence-electron chi connectivity index (χ3n) is 2.34. The van der Waals surface area contributed by atoms with Crippen LogP contribution < -0.4 is 11.3 Å². The van der Waals surface area contributed by atoms with Crippen molar-refractivity contribution in [2.45, 2.75) is 0 Å². The first kappa shape index (κ1) is 12.5. The van der Waals surface area contributed by atoms with Crippen LogP contribution in [0.2, 0.25) is 5.02 Å². The molecule has 0 heterocycles. The van der Waals surface area contributed by atoms with Gasteiger partial charge in [0.15, 0.2) is 0 Å². The van der Waals surface area contributed by atoms with Crippen molar-refractivity contribution in [1.29, 1.82) is 0 Å². The topological polar surface area (TPSA) is 50.4 Å². The summed E-state index contributed by atoms with van der Waals surface area (Å²) in [5.41, 5.74) is 3.55. The standard InChI is InChI=1S/C13H11ClFN3/c14-12-10(7-4-8-11(12)15)13(18-16)17-9-5-2-1-3-6-9/h1-8H,16H2,(H,17,18). The quantitative estimate of drug-likeness (QED) is 0.379. The highest BCUT2D eigenvalue weighted by molar-refractivity contribution is 6.34. The van der Waals surface area contributed by atoms with Crippen molar-refractivity contribution in [1.82, 2.24) is 5.43 Å². The molecule has 3 nitrogen and oxygen atoms in total. The molecule has 0 saturated heterocycles. The smallest absolute Gasteiger partial charge is 0.149 e. The maximum absolute atomic E-state index is 13.4. The number of halogens is 2. The van der Waals surface area contributed by atoms with Crippen LogP contribution in [0.4, 0.5) is 10.1 Å². The zero-order chi connectivity index (χ0) is 13.0. The molecule has 0 aromatic heterocycles. The van der Waals surface area contributed by atoms with Crippen molar-refractivity contribution in [3.8, 4) is 0 Å². The summed E-state index contributed by atoms with van der Waals surface area (Å²) in [6.45, 7) is 0. The third kappa shape index (κ3) is 2.67. The van der Waals surface area contributed by atoms with Crippen LogP contribution in [-0.2, 0) is 0 Å². The molecule has 92 valence electrons. The van der Waals surface area contributed by atoms with Gasteiger partial charge in [-0.3, -0.25) is 0 Å². The molecule has 0 fully saturated rings.